The smallest absolute Gasteiger partial charge is 0.274 e. The van der Waals surface area contributed by atoms with Crippen LogP contribution < -0.4 is 4.90 Å². The van der Waals surface area contributed by atoms with Crippen LogP contribution in [0.2, 0.25) is 0 Å². The number of fused-ring (bicyclic) bond motifs is 1. The Morgan fingerprint density at radius 3 is 2.52 bits per heavy atom. The number of nitrogens with zero attached hydrogens (tertiary/aromatic N) is 6. The third-order valence-corrected chi connectivity index (χ3v) is 7.32. The Morgan fingerprint density at radius 2 is 1.82 bits per heavy atom. The van der Waals surface area contributed by atoms with E-state index in [9.17, 15) is 22.8 Å². The summed E-state index contributed by atoms with van der Waals surface area (Å²) in [5, 5.41) is 13.6. The van der Waals surface area contributed by atoms with Gasteiger partial charge in [-0.15, -0.1) is 0 Å². The van der Waals surface area contributed by atoms with Crippen LogP contribution in [0.3, 0.4) is 0 Å². The molecule has 0 N–H and O–H groups in total. The average molecular weight is 543 g/mol. The van der Waals surface area contributed by atoms with Crippen LogP contribution in [0, 0.1) is 28.8 Å². The van der Waals surface area contributed by atoms with Crippen molar-refractivity contribution in [2.24, 2.45) is 0 Å². The van der Waals surface area contributed by atoms with Crippen molar-refractivity contribution in [1.29, 1.82) is 5.26 Å². The van der Waals surface area contributed by atoms with Crippen molar-refractivity contribution in [2.75, 3.05) is 18.0 Å². The molecule has 2 aromatic carbocycles. The summed E-state index contributed by atoms with van der Waals surface area (Å²) in [6, 6.07) is 13.0. The Labute approximate surface area is 226 Å². The number of rotatable bonds is 4. The Hall–Kier alpha value is -4.98. The van der Waals surface area contributed by atoms with Crippen LogP contribution in [0.1, 0.15) is 34.5 Å². The lowest BCUT2D eigenvalue weighted by Gasteiger charge is -2.36. The lowest BCUT2D eigenvalue weighted by atomic mass is 10.0. The maximum Gasteiger partial charge on any atom is 0.274 e. The summed E-state index contributed by atoms with van der Waals surface area (Å²) in [6.07, 6.45) is 3.97. The van der Waals surface area contributed by atoms with E-state index in [1.807, 2.05) is 0 Å². The van der Waals surface area contributed by atoms with E-state index >= 15 is 0 Å². The minimum atomic E-state index is -1.03. The van der Waals surface area contributed by atoms with Gasteiger partial charge in [-0.3, -0.25) is 14.6 Å². The predicted octanol–water partition coefficient (Wildman–Crippen LogP) is 4.42. The molecule has 4 aromatic rings. The molecule has 1 fully saturated rings. The number of carbonyl (C=O) groups is 2. The Morgan fingerprint density at radius 1 is 1.02 bits per heavy atom. The molecule has 0 aliphatic carbocycles. The lowest BCUT2D eigenvalue weighted by molar-refractivity contribution is -0.118. The van der Waals surface area contributed by atoms with E-state index in [1.54, 1.807) is 47.6 Å². The van der Waals surface area contributed by atoms with Crippen molar-refractivity contribution in [1.82, 2.24) is 19.7 Å². The van der Waals surface area contributed by atoms with Crippen molar-refractivity contribution >= 4 is 17.5 Å². The van der Waals surface area contributed by atoms with Gasteiger partial charge in [-0.05, 0) is 54.8 Å². The molecule has 0 bridgehead atoms. The molecule has 0 saturated carbocycles. The molecule has 1 saturated heterocycles. The predicted molar refractivity (Wildman–Crippen MR) is 138 cm³/mol. The van der Waals surface area contributed by atoms with E-state index in [4.69, 9.17) is 5.26 Å². The Balaban J connectivity index is 1.26. The van der Waals surface area contributed by atoms with E-state index in [2.05, 4.69) is 10.1 Å². The summed E-state index contributed by atoms with van der Waals surface area (Å²) in [7, 11) is 0. The van der Waals surface area contributed by atoms with Gasteiger partial charge in [-0.2, -0.15) is 10.4 Å². The zero-order valence-electron chi connectivity index (χ0n) is 21.0. The molecule has 200 valence electrons. The molecule has 0 spiro atoms. The molecule has 2 aromatic heterocycles. The van der Waals surface area contributed by atoms with E-state index in [1.165, 1.54) is 27.8 Å². The SMILES string of the molecule is N#Cc1ccc(-n2nc(C(=O)N3CCC(N4C(=O)Cc5ccc(F)c(F)c54)CC3)cc2-c2cccnc2)cc1F. The molecule has 0 atom stereocenters. The van der Waals surface area contributed by atoms with Gasteiger partial charge in [-0.1, -0.05) is 6.07 Å². The standard InChI is InChI=1S/C29H21F3N6O2/c30-22-6-4-17-12-26(39)37(28(17)27(22)32)20-7-10-36(11-8-20)29(40)24-14-25(19-2-1-9-34-16-19)38(35-24)21-5-3-18(15-33)23(31)13-21/h1-6,9,13-14,16,20H,7-8,10-12H2. The first kappa shape index (κ1) is 25.3. The molecule has 8 nitrogen and oxygen atoms in total. The van der Waals surface area contributed by atoms with Crippen LogP contribution in [0.4, 0.5) is 18.9 Å². The first-order chi connectivity index (χ1) is 19.4. The normalized spacial score (nSPS) is 15.3. The highest BCUT2D eigenvalue weighted by Gasteiger charge is 2.38. The minimum Gasteiger partial charge on any atom is -0.337 e. The third kappa shape index (κ3) is 4.27. The summed E-state index contributed by atoms with van der Waals surface area (Å²) >= 11 is 0. The fourth-order valence-electron chi connectivity index (χ4n) is 5.36. The summed E-state index contributed by atoms with van der Waals surface area (Å²) < 4.78 is 44.4. The van der Waals surface area contributed by atoms with Crippen LogP contribution in [-0.2, 0) is 11.2 Å². The summed E-state index contributed by atoms with van der Waals surface area (Å²) in [5.41, 5.74) is 1.94. The topological polar surface area (TPSA) is 95.1 Å². The van der Waals surface area contributed by atoms with Gasteiger partial charge in [0.25, 0.3) is 5.91 Å². The molecule has 2 aliphatic rings. The number of likely N-dealkylation sites (tertiary alicyclic amines) is 1. The number of nitriles is 1. The van der Waals surface area contributed by atoms with Crippen LogP contribution in [-0.4, -0.2) is 50.6 Å². The van der Waals surface area contributed by atoms with Gasteiger partial charge in [0, 0.05) is 43.2 Å². The van der Waals surface area contributed by atoms with Gasteiger partial charge < -0.3 is 9.80 Å². The molecule has 11 heteroatoms. The molecule has 0 radical (unpaired) electrons. The minimum absolute atomic E-state index is 0.00993. The molecule has 2 aliphatic heterocycles. The van der Waals surface area contributed by atoms with Crippen LogP contribution in [0.25, 0.3) is 16.9 Å². The second-order valence-corrected chi connectivity index (χ2v) is 9.68. The number of hydrogen-bond acceptors (Lipinski definition) is 5. The molecular weight excluding hydrogens is 521 g/mol. The second kappa shape index (κ2) is 9.96. The highest BCUT2D eigenvalue weighted by Crippen LogP contribution is 2.37. The number of aromatic nitrogens is 3. The number of amides is 2. The maximum atomic E-state index is 14.6. The van der Waals surface area contributed by atoms with Crippen molar-refractivity contribution in [2.45, 2.75) is 25.3 Å². The highest BCUT2D eigenvalue weighted by atomic mass is 19.2. The summed E-state index contributed by atoms with van der Waals surface area (Å²) in [6.45, 7) is 0.556. The van der Waals surface area contributed by atoms with E-state index < -0.39 is 17.5 Å². The van der Waals surface area contributed by atoms with Crippen molar-refractivity contribution in [3.63, 3.8) is 0 Å². The maximum absolute atomic E-state index is 14.6. The largest absolute Gasteiger partial charge is 0.337 e. The molecular formula is C29H21F3N6O2. The Bertz CT molecular complexity index is 1690. The molecule has 2 amide bonds. The second-order valence-electron chi connectivity index (χ2n) is 9.68. The fourth-order valence-corrected chi connectivity index (χ4v) is 5.36. The summed E-state index contributed by atoms with van der Waals surface area (Å²) in [5.74, 6) is -3.40. The fraction of sp³-hybridized carbons (Fsp3) is 0.207. The number of piperidine rings is 1. The van der Waals surface area contributed by atoms with Crippen molar-refractivity contribution in [3.8, 4) is 23.0 Å². The summed E-state index contributed by atoms with van der Waals surface area (Å²) in [4.78, 5) is 33.3. The van der Waals surface area contributed by atoms with Gasteiger partial charge in [0.2, 0.25) is 5.91 Å². The van der Waals surface area contributed by atoms with E-state index in [-0.39, 0.29) is 54.3 Å². The van der Waals surface area contributed by atoms with Crippen molar-refractivity contribution in [3.05, 3.63) is 95.2 Å². The molecule has 40 heavy (non-hydrogen) atoms. The monoisotopic (exact) mass is 542 g/mol. The first-order valence-electron chi connectivity index (χ1n) is 12.6. The lowest BCUT2D eigenvalue weighted by Crippen LogP contribution is -2.48. The molecule has 4 heterocycles. The van der Waals surface area contributed by atoms with E-state index in [0.717, 1.165) is 6.07 Å². The Kier molecular flexibility index (Phi) is 6.30. The average Bonchev–Trinajstić information content (AvgIpc) is 3.57. The number of anilines is 1. The van der Waals surface area contributed by atoms with Gasteiger partial charge in [0.05, 0.1) is 29.1 Å². The third-order valence-electron chi connectivity index (χ3n) is 7.32. The number of carbonyl (C=O) groups excluding carboxylic acids is 2. The number of hydrogen-bond donors (Lipinski definition) is 0. The van der Waals surface area contributed by atoms with Crippen LogP contribution >= 0.6 is 0 Å². The number of benzene rings is 2. The first-order valence-corrected chi connectivity index (χ1v) is 12.6. The van der Waals surface area contributed by atoms with Gasteiger partial charge in [-0.25, -0.2) is 17.9 Å². The zero-order valence-corrected chi connectivity index (χ0v) is 21.0. The van der Waals surface area contributed by atoms with Crippen molar-refractivity contribution < 1.29 is 22.8 Å². The highest BCUT2D eigenvalue weighted by molar-refractivity contribution is 6.02. The number of pyridine rings is 1. The molecule has 0 unspecified atom stereocenters. The quantitative estimate of drug-likeness (QED) is 0.381. The van der Waals surface area contributed by atoms with Crippen LogP contribution in [0.15, 0.2) is 60.9 Å². The van der Waals surface area contributed by atoms with Gasteiger partial charge >= 0.3 is 0 Å². The zero-order chi connectivity index (χ0) is 28.0. The van der Waals surface area contributed by atoms with Gasteiger partial charge in [0.1, 0.15) is 11.9 Å². The van der Waals surface area contributed by atoms with E-state index in [0.29, 0.717) is 35.3 Å². The molecule has 6 rings (SSSR count). The van der Waals surface area contributed by atoms with Gasteiger partial charge in [0.15, 0.2) is 17.3 Å². The number of halogens is 3. The van der Waals surface area contributed by atoms with Crippen LogP contribution in [0.5, 0.6) is 0 Å².